The third-order valence-corrected chi connectivity index (χ3v) is 2.62. The van der Waals surface area contributed by atoms with Gasteiger partial charge in [-0.2, -0.15) is 8.42 Å². The van der Waals surface area contributed by atoms with Gasteiger partial charge in [0.2, 0.25) is 0 Å². The van der Waals surface area contributed by atoms with Crippen molar-refractivity contribution in [2.45, 2.75) is 4.90 Å². The predicted octanol–water partition coefficient (Wildman–Crippen LogP) is -0.164. The van der Waals surface area contributed by atoms with Crippen molar-refractivity contribution in [2.24, 2.45) is 0 Å². The summed E-state index contributed by atoms with van der Waals surface area (Å²) >= 11 is 0. The number of aromatic hydroxyl groups is 1. The molecule has 0 amide bonds. The standard InChI is InChI=1S/C7H7NO5S/c8-6-3-5(1-2-7(6)10)14(11,12)13-4-9/h1-4,10H,8H2. The molecule has 0 spiro atoms. The number of carbonyl (C=O) groups excluding carboxylic acids is 1. The first-order valence-corrected chi connectivity index (χ1v) is 4.83. The lowest BCUT2D eigenvalue weighted by Gasteiger charge is -2.03. The molecular weight excluding hydrogens is 210 g/mol. The van der Waals surface area contributed by atoms with Crippen molar-refractivity contribution in [1.29, 1.82) is 0 Å². The summed E-state index contributed by atoms with van der Waals surface area (Å²) < 4.78 is 26.1. The summed E-state index contributed by atoms with van der Waals surface area (Å²) in [6, 6.07) is 3.16. The zero-order valence-corrected chi connectivity index (χ0v) is 7.69. The van der Waals surface area contributed by atoms with Crippen molar-refractivity contribution >= 4 is 22.3 Å². The molecule has 0 unspecified atom stereocenters. The van der Waals surface area contributed by atoms with Gasteiger partial charge in [-0.1, -0.05) is 0 Å². The fraction of sp³-hybridized carbons (Fsp3) is 0. The first kappa shape index (κ1) is 10.3. The van der Waals surface area contributed by atoms with E-state index in [-0.39, 0.29) is 22.8 Å². The van der Waals surface area contributed by atoms with Crippen LogP contribution in [0.25, 0.3) is 0 Å². The van der Waals surface area contributed by atoms with Crippen LogP contribution < -0.4 is 5.73 Å². The monoisotopic (exact) mass is 217 g/mol. The summed E-state index contributed by atoms with van der Waals surface area (Å²) in [5.41, 5.74) is 5.14. The first-order chi connectivity index (χ1) is 6.47. The first-order valence-electron chi connectivity index (χ1n) is 3.43. The number of phenols is 1. The van der Waals surface area contributed by atoms with Crippen molar-refractivity contribution < 1.29 is 22.5 Å². The van der Waals surface area contributed by atoms with Crippen LogP contribution in [0, 0.1) is 0 Å². The zero-order chi connectivity index (χ0) is 10.8. The Morgan fingerprint density at radius 1 is 1.43 bits per heavy atom. The second kappa shape index (κ2) is 3.54. The zero-order valence-electron chi connectivity index (χ0n) is 6.88. The summed E-state index contributed by atoms with van der Waals surface area (Å²) in [4.78, 5) is 9.57. The lowest BCUT2D eigenvalue weighted by molar-refractivity contribution is -0.120. The average Bonchev–Trinajstić information content (AvgIpc) is 2.09. The Balaban J connectivity index is 3.21. The number of benzene rings is 1. The molecule has 0 atom stereocenters. The Hall–Kier alpha value is -1.76. The molecule has 0 aliphatic heterocycles. The van der Waals surface area contributed by atoms with E-state index in [0.29, 0.717) is 0 Å². The molecule has 76 valence electrons. The third kappa shape index (κ3) is 1.94. The maximum Gasteiger partial charge on any atom is 0.341 e. The van der Waals surface area contributed by atoms with E-state index in [1.54, 1.807) is 0 Å². The molecule has 0 aliphatic carbocycles. The number of nitrogens with two attached hydrogens (primary N) is 1. The van der Waals surface area contributed by atoms with Gasteiger partial charge in [0, 0.05) is 0 Å². The molecule has 1 aromatic carbocycles. The van der Waals surface area contributed by atoms with Crippen molar-refractivity contribution in [3.8, 4) is 5.75 Å². The van der Waals surface area contributed by atoms with Crippen LogP contribution >= 0.6 is 0 Å². The molecule has 14 heavy (non-hydrogen) atoms. The Bertz CT molecular complexity index is 453. The fourth-order valence-electron chi connectivity index (χ4n) is 0.795. The van der Waals surface area contributed by atoms with E-state index in [1.165, 1.54) is 0 Å². The van der Waals surface area contributed by atoms with Crippen LogP contribution in [0.1, 0.15) is 0 Å². The number of hydrogen-bond donors (Lipinski definition) is 2. The van der Waals surface area contributed by atoms with E-state index in [4.69, 9.17) is 10.8 Å². The number of phenolic OH excluding ortho intramolecular Hbond substituents is 1. The van der Waals surface area contributed by atoms with Crippen LogP contribution in [0.15, 0.2) is 23.1 Å². The lowest BCUT2D eigenvalue weighted by atomic mass is 10.3. The normalized spacial score (nSPS) is 10.9. The van der Waals surface area contributed by atoms with E-state index in [1.807, 2.05) is 0 Å². The molecule has 1 aromatic rings. The predicted molar refractivity (Wildman–Crippen MR) is 46.9 cm³/mol. The van der Waals surface area contributed by atoms with Crippen molar-refractivity contribution in [3.63, 3.8) is 0 Å². The summed E-state index contributed by atoms with van der Waals surface area (Å²) in [5.74, 6) is -0.241. The highest BCUT2D eigenvalue weighted by molar-refractivity contribution is 7.87. The summed E-state index contributed by atoms with van der Waals surface area (Å²) in [5, 5.41) is 9.01. The van der Waals surface area contributed by atoms with Crippen LogP contribution in [0.5, 0.6) is 5.75 Å². The molecule has 0 aliphatic rings. The summed E-state index contributed by atoms with van der Waals surface area (Å²) in [6.45, 7) is -0.196. The number of rotatable bonds is 3. The van der Waals surface area contributed by atoms with Gasteiger partial charge in [0.05, 0.1) is 5.69 Å². The van der Waals surface area contributed by atoms with Crippen LogP contribution in [-0.4, -0.2) is 20.0 Å². The average molecular weight is 217 g/mol. The number of nitrogen functional groups attached to an aromatic ring is 1. The molecule has 0 heterocycles. The van der Waals surface area contributed by atoms with Gasteiger partial charge < -0.3 is 15.0 Å². The number of hydrogen-bond acceptors (Lipinski definition) is 6. The van der Waals surface area contributed by atoms with E-state index in [0.717, 1.165) is 18.2 Å². The number of carbonyl (C=O) groups is 1. The van der Waals surface area contributed by atoms with E-state index in [2.05, 4.69) is 4.18 Å². The second-order valence-electron chi connectivity index (χ2n) is 2.37. The van der Waals surface area contributed by atoms with E-state index in [9.17, 15) is 13.2 Å². The van der Waals surface area contributed by atoms with Crippen molar-refractivity contribution in [3.05, 3.63) is 18.2 Å². The van der Waals surface area contributed by atoms with Crippen LogP contribution in [0.3, 0.4) is 0 Å². The quantitative estimate of drug-likeness (QED) is 0.315. The molecule has 3 N–H and O–H groups in total. The van der Waals surface area contributed by atoms with Crippen molar-refractivity contribution in [2.75, 3.05) is 5.73 Å². The molecular formula is C7H7NO5S. The van der Waals surface area contributed by atoms with Gasteiger partial charge in [-0.25, -0.2) is 0 Å². The van der Waals surface area contributed by atoms with Gasteiger partial charge in [0.15, 0.2) is 0 Å². The highest BCUT2D eigenvalue weighted by Gasteiger charge is 2.16. The van der Waals surface area contributed by atoms with Crippen molar-refractivity contribution in [1.82, 2.24) is 0 Å². The molecule has 1 rings (SSSR count). The maximum absolute atomic E-state index is 11.1. The van der Waals surface area contributed by atoms with E-state index >= 15 is 0 Å². The van der Waals surface area contributed by atoms with Gasteiger partial charge in [-0.05, 0) is 18.2 Å². The van der Waals surface area contributed by atoms with Crippen LogP contribution in [0.4, 0.5) is 5.69 Å². The molecule has 0 bridgehead atoms. The largest absolute Gasteiger partial charge is 0.506 e. The highest BCUT2D eigenvalue weighted by Crippen LogP contribution is 2.23. The highest BCUT2D eigenvalue weighted by atomic mass is 32.2. The van der Waals surface area contributed by atoms with Gasteiger partial charge in [0.1, 0.15) is 10.6 Å². The molecule has 0 fully saturated rings. The smallest absolute Gasteiger partial charge is 0.341 e. The third-order valence-electron chi connectivity index (χ3n) is 1.45. The van der Waals surface area contributed by atoms with Crippen LogP contribution in [-0.2, 0) is 19.1 Å². The molecule has 0 aromatic heterocycles. The molecule has 0 radical (unpaired) electrons. The molecule has 0 saturated carbocycles. The maximum atomic E-state index is 11.1. The topological polar surface area (TPSA) is 107 Å². The van der Waals surface area contributed by atoms with Gasteiger partial charge in [0.25, 0.3) is 0 Å². The fourth-order valence-corrected chi connectivity index (χ4v) is 1.52. The lowest BCUT2D eigenvalue weighted by Crippen LogP contribution is -2.05. The Labute approximate surface area is 80.0 Å². The minimum Gasteiger partial charge on any atom is -0.506 e. The second-order valence-corrected chi connectivity index (χ2v) is 3.94. The van der Waals surface area contributed by atoms with Crippen LogP contribution in [0.2, 0.25) is 0 Å². The minimum atomic E-state index is -4.11. The van der Waals surface area contributed by atoms with Gasteiger partial charge in [-0.15, -0.1) is 0 Å². The SMILES string of the molecule is Nc1cc(S(=O)(=O)OC=O)ccc1O. The van der Waals surface area contributed by atoms with Gasteiger partial charge in [-0.3, -0.25) is 4.79 Å². The Morgan fingerprint density at radius 3 is 2.57 bits per heavy atom. The molecule has 6 nitrogen and oxygen atoms in total. The molecule has 7 heteroatoms. The Morgan fingerprint density at radius 2 is 2.07 bits per heavy atom. The van der Waals surface area contributed by atoms with Gasteiger partial charge >= 0.3 is 16.6 Å². The van der Waals surface area contributed by atoms with E-state index < -0.39 is 10.1 Å². The summed E-state index contributed by atoms with van der Waals surface area (Å²) in [7, 11) is -4.11. The number of anilines is 1. The Kier molecular flexibility index (Phi) is 2.61. The molecule has 0 saturated heterocycles. The summed E-state index contributed by atoms with van der Waals surface area (Å²) in [6.07, 6.45) is 0. The minimum absolute atomic E-state index is 0.111.